The Morgan fingerprint density at radius 3 is 2.81 bits per heavy atom. The number of hydrogen-bond acceptors (Lipinski definition) is 3. The minimum Gasteiger partial charge on any atom is -0.484 e. The molecule has 0 aliphatic heterocycles. The molecule has 3 rings (SSSR count). The predicted molar refractivity (Wildman–Crippen MR) is 86.3 cm³/mol. The molecule has 0 aromatic heterocycles. The summed E-state index contributed by atoms with van der Waals surface area (Å²) in [6.45, 7) is 0.177. The van der Waals surface area contributed by atoms with Crippen LogP contribution < -0.4 is 15.8 Å². The third kappa shape index (κ3) is 3.18. The van der Waals surface area contributed by atoms with E-state index in [-0.39, 0.29) is 18.4 Å². The number of rotatable bonds is 5. The summed E-state index contributed by atoms with van der Waals surface area (Å²) in [6, 6.07) is 7.40. The number of nitrogens with two attached hydrogens (primary N) is 1. The van der Waals surface area contributed by atoms with Gasteiger partial charge in [-0.3, -0.25) is 4.79 Å². The van der Waals surface area contributed by atoms with Gasteiger partial charge in [0.2, 0.25) is 5.91 Å². The van der Waals surface area contributed by atoms with Gasteiger partial charge in [0, 0.05) is 5.92 Å². The average Bonchev–Trinajstić information content (AvgIpc) is 3.09. The molecule has 0 heterocycles. The number of para-hydroxylation sites is 2. The number of amides is 1. The maximum atomic E-state index is 12.5. The first-order valence-corrected chi connectivity index (χ1v) is 7.85. The van der Waals surface area contributed by atoms with Crippen LogP contribution in [0.4, 0.5) is 5.69 Å². The molecular weight excluding hydrogens is 284 g/mol. The highest BCUT2D eigenvalue weighted by Gasteiger charge is 2.43. The zero-order valence-electron chi connectivity index (χ0n) is 11.9. The van der Waals surface area contributed by atoms with E-state index in [9.17, 15) is 4.79 Å². The van der Waals surface area contributed by atoms with Crippen molar-refractivity contribution in [3.8, 4) is 5.75 Å². The predicted octanol–water partition coefficient (Wildman–Crippen LogP) is 2.73. The lowest BCUT2D eigenvalue weighted by molar-refractivity contribution is -0.121. The van der Waals surface area contributed by atoms with Gasteiger partial charge in [-0.05, 0) is 43.2 Å². The van der Waals surface area contributed by atoms with Gasteiger partial charge in [-0.15, -0.1) is 0 Å². The second-order valence-electron chi connectivity index (χ2n) is 6.02. The maximum Gasteiger partial charge on any atom is 0.227 e. The Balaban J connectivity index is 1.67. The van der Waals surface area contributed by atoms with E-state index in [4.69, 9.17) is 22.7 Å². The Bertz CT molecular complexity index is 561. The molecule has 112 valence electrons. The first kappa shape index (κ1) is 14.3. The number of hydrogen-bond donors (Lipinski definition) is 2. The highest BCUT2D eigenvalue weighted by molar-refractivity contribution is 7.80. The summed E-state index contributed by atoms with van der Waals surface area (Å²) in [6.07, 6.45) is 4.74. The van der Waals surface area contributed by atoms with Crippen LogP contribution in [0.1, 0.15) is 25.7 Å². The third-order valence-corrected chi connectivity index (χ3v) is 4.71. The molecule has 3 unspecified atom stereocenters. The molecule has 0 spiro atoms. The van der Waals surface area contributed by atoms with Gasteiger partial charge in [-0.2, -0.15) is 0 Å². The third-order valence-electron chi connectivity index (χ3n) is 4.59. The summed E-state index contributed by atoms with van der Waals surface area (Å²) >= 11 is 4.81. The molecule has 3 N–H and O–H groups in total. The fourth-order valence-corrected chi connectivity index (χ4v) is 3.69. The van der Waals surface area contributed by atoms with Crippen molar-refractivity contribution in [2.45, 2.75) is 25.7 Å². The number of carbonyl (C=O) groups excluding carboxylic acids is 1. The summed E-state index contributed by atoms with van der Waals surface area (Å²) < 4.78 is 5.54. The molecule has 1 amide bonds. The van der Waals surface area contributed by atoms with E-state index in [1.807, 2.05) is 24.3 Å². The second-order valence-corrected chi connectivity index (χ2v) is 6.55. The van der Waals surface area contributed by atoms with Crippen molar-refractivity contribution in [2.75, 3.05) is 11.9 Å². The normalized spacial score (nSPS) is 26.6. The second kappa shape index (κ2) is 6.02. The van der Waals surface area contributed by atoms with Gasteiger partial charge in [0.1, 0.15) is 17.3 Å². The molecule has 2 aliphatic rings. The van der Waals surface area contributed by atoms with Gasteiger partial charge in [0.25, 0.3) is 0 Å². The lowest BCUT2D eigenvalue weighted by Crippen LogP contribution is -2.27. The van der Waals surface area contributed by atoms with Crippen LogP contribution in [-0.4, -0.2) is 17.5 Å². The summed E-state index contributed by atoms with van der Waals surface area (Å²) in [5.74, 6) is 2.22. The monoisotopic (exact) mass is 304 g/mol. The summed E-state index contributed by atoms with van der Waals surface area (Å²) in [5.41, 5.74) is 6.15. The minimum absolute atomic E-state index is 0.119. The lowest BCUT2D eigenvalue weighted by Gasteiger charge is -2.21. The van der Waals surface area contributed by atoms with Gasteiger partial charge in [-0.25, -0.2) is 0 Å². The zero-order valence-corrected chi connectivity index (χ0v) is 12.7. The Hall–Kier alpha value is -1.62. The highest BCUT2D eigenvalue weighted by atomic mass is 32.1. The van der Waals surface area contributed by atoms with Crippen molar-refractivity contribution in [1.29, 1.82) is 0 Å². The number of thiocarbonyl (C=S) groups is 1. The van der Waals surface area contributed by atoms with Crippen LogP contribution in [0.2, 0.25) is 0 Å². The molecule has 2 fully saturated rings. The van der Waals surface area contributed by atoms with Gasteiger partial charge in [0.05, 0.1) is 5.69 Å². The van der Waals surface area contributed by atoms with Crippen LogP contribution in [0.3, 0.4) is 0 Å². The van der Waals surface area contributed by atoms with E-state index >= 15 is 0 Å². The van der Waals surface area contributed by atoms with Crippen LogP contribution in [0.5, 0.6) is 5.75 Å². The summed E-state index contributed by atoms with van der Waals surface area (Å²) in [7, 11) is 0. The van der Waals surface area contributed by atoms with Crippen LogP contribution in [-0.2, 0) is 4.79 Å². The van der Waals surface area contributed by atoms with Crippen LogP contribution in [0.25, 0.3) is 0 Å². The topological polar surface area (TPSA) is 64.3 Å². The first-order valence-electron chi connectivity index (χ1n) is 7.44. The Morgan fingerprint density at radius 2 is 2.14 bits per heavy atom. The van der Waals surface area contributed by atoms with Crippen molar-refractivity contribution in [2.24, 2.45) is 23.5 Å². The standard InChI is InChI=1S/C16H20N2O2S/c17-15(21)9-20-14-4-2-1-3-13(14)18-16(19)12-8-10-5-6-11(12)7-10/h1-4,10-12H,5-9H2,(H2,17,21)(H,18,19). The van der Waals surface area contributed by atoms with E-state index in [0.29, 0.717) is 22.3 Å². The maximum absolute atomic E-state index is 12.5. The van der Waals surface area contributed by atoms with E-state index in [0.717, 1.165) is 12.3 Å². The number of nitrogens with one attached hydrogen (secondary N) is 1. The number of benzene rings is 1. The minimum atomic E-state index is 0.119. The van der Waals surface area contributed by atoms with Gasteiger partial charge in [-0.1, -0.05) is 30.8 Å². The van der Waals surface area contributed by atoms with E-state index < -0.39 is 0 Å². The lowest BCUT2D eigenvalue weighted by atomic mass is 9.88. The SMILES string of the molecule is NC(=S)COc1ccccc1NC(=O)C1CC2CCC1C2. The van der Waals surface area contributed by atoms with Crippen LogP contribution in [0.15, 0.2) is 24.3 Å². The molecule has 1 aromatic carbocycles. The summed E-state index contributed by atoms with van der Waals surface area (Å²) in [5, 5.41) is 3.01. The number of fused-ring (bicyclic) bond motifs is 2. The molecule has 5 heteroatoms. The van der Waals surface area contributed by atoms with Crippen molar-refractivity contribution < 1.29 is 9.53 Å². The molecule has 2 aliphatic carbocycles. The van der Waals surface area contributed by atoms with Crippen molar-refractivity contribution in [1.82, 2.24) is 0 Å². The molecule has 2 bridgehead atoms. The average molecular weight is 304 g/mol. The molecule has 4 nitrogen and oxygen atoms in total. The highest BCUT2D eigenvalue weighted by Crippen LogP contribution is 2.48. The number of anilines is 1. The molecule has 2 saturated carbocycles. The zero-order chi connectivity index (χ0) is 14.8. The molecule has 21 heavy (non-hydrogen) atoms. The number of ether oxygens (including phenoxy) is 1. The van der Waals surface area contributed by atoms with Crippen LogP contribution >= 0.6 is 12.2 Å². The Labute approximate surface area is 130 Å². The largest absolute Gasteiger partial charge is 0.484 e. The number of carbonyl (C=O) groups is 1. The molecule has 3 atom stereocenters. The van der Waals surface area contributed by atoms with E-state index in [1.54, 1.807) is 0 Å². The van der Waals surface area contributed by atoms with Gasteiger partial charge >= 0.3 is 0 Å². The Morgan fingerprint density at radius 1 is 1.33 bits per heavy atom. The van der Waals surface area contributed by atoms with Gasteiger partial charge < -0.3 is 15.8 Å². The molecule has 0 radical (unpaired) electrons. The molecule has 0 saturated heterocycles. The molecule has 1 aromatic rings. The van der Waals surface area contributed by atoms with E-state index in [1.165, 1.54) is 19.3 Å². The summed E-state index contributed by atoms with van der Waals surface area (Å²) in [4.78, 5) is 12.8. The fraction of sp³-hybridized carbons (Fsp3) is 0.500. The quantitative estimate of drug-likeness (QED) is 0.821. The first-order chi connectivity index (χ1) is 10.1. The van der Waals surface area contributed by atoms with Crippen molar-refractivity contribution in [3.05, 3.63) is 24.3 Å². The Kier molecular flexibility index (Phi) is 4.10. The fourth-order valence-electron chi connectivity index (χ4n) is 3.64. The smallest absolute Gasteiger partial charge is 0.227 e. The molecular formula is C16H20N2O2S. The van der Waals surface area contributed by atoms with E-state index in [2.05, 4.69) is 5.32 Å². The van der Waals surface area contributed by atoms with Gasteiger partial charge in [0.15, 0.2) is 0 Å². The van der Waals surface area contributed by atoms with Crippen LogP contribution in [0, 0.1) is 17.8 Å². The van der Waals surface area contributed by atoms with Crippen molar-refractivity contribution >= 4 is 28.8 Å². The van der Waals surface area contributed by atoms with Crippen molar-refractivity contribution in [3.63, 3.8) is 0 Å².